The lowest BCUT2D eigenvalue weighted by atomic mass is 10.0. The van der Waals surface area contributed by atoms with E-state index in [2.05, 4.69) is 29.5 Å². The van der Waals surface area contributed by atoms with Gasteiger partial charge in [-0.15, -0.1) is 5.10 Å². The van der Waals surface area contributed by atoms with Gasteiger partial charge in [0, 0.05) is 12.6 Å². The Morgan fingerprint density at radius 2 is 2.22 bits per heavy atom. The Morgan fingerprint density at radius 3 is 2.87 bits per heavy atom. The topological polar surface area (TPSA) is 85.8 Å². The zero-order chi connectivity index (χ0) is 16.8. The molecule has 0 bridgehead atoms. The van der Waals surface area contributed by atoms with Crippen molar-refractivity contribution in [2.75, 3.05) is 6.54 Å². The summed E-state index contributed by atoms with van der Waals surface area (Å²) in [5.41, 5.74) is 6.65. The minimum Gasteiger partial charge on any atom is -0.347 e. The summed E-state index contributed by atoms with van der Waals surface area (Å²) in [5, 5.41) is 10.6. The zero-order valence-electron chi connectivity index (χ0n) is 13.4. The van der Waals surface area contributed by atoms with E-state index in [-0.39, 0.29) is 23.5 Å². The van der Waals surface area contributed by atoms with Crippen molar-refractivity contribution in [1.82, 2.24) is 20.3 Å². The maximum Gasteiger partial charge on any atom is 0.273 e. The first-order chi connectivity index (χ1) is 11.0. The predicted molar refractivity (Wildman–Crippen MR) is 85.3 cm³/mol. The van der Waals surface area contributed by atoms with E-state index < -0.39 is 0 Å². The molecule has 2 rings (SSSR count). The zero-order valence-corrected chi connectivity index (χ0v) is 13.4. The molecule has 124 valence electrons. The van der Waals surface area contributed by atoms with Crippen LogP contribution in [0.25, 0.3) is 0 Å². The second kappa shape index (κ2) is 7.82. The van der Waals surface area contributed by atoms with E-state index in [9.17, 15) is 9.18 Å². The maximum atomic E-state index is 13.2. The van der Waals surface area contributed by atoms with Crippen LogP contribution in [0.1, 0.15) is 36.3 Å². The van der Waals surface area contributed by atoms with Crippen molar-refractivity contribution in [2.24, 2.45) is 11.7 Å². The van der Waals surface area contributed by atoms with Crippen molar-refractivity contribution in [3.05, 3.63) is 47.5 Å². The summed E-state index contributed by atoms with van der Waals surface area (Å²) in [6, 6.07) is 6.14. The lowest BCUT2D eigenvalue weighted by molar-refractivity contribution is 0.0928. The van der Waals surface area contributed by atoms with Gasteiger partial charge in [0.15, 0.2) is 5.69 Å². The number of rotatable bonds is 7. The van der Waals surface area contributed by atoms with Gasteiger partial charge < -0.3 is 11.1 Å². The van der Waals surface area contributed by atoms with Gasteiger partial charge in [0.1, 0.15) is 5.82 Å². The molecule has 7 heteroatoms. The van der Waals surface area contributed by atoms with E-state index in [4.69, 9.17) is 5.73 Å². The molecule has 1 atom stereocenters. The van der Waals surface area contributed by atoms with E-state index >= 15 is 0 Å². The van der Waals surface area contributed by atoms with Crippen LogP contribution in [0, 0.1) is 11.7 Å². The Morgan fingerprint density at radius 1 is 1.43 bits per heavy atom. The number of hydrogen-bond donors (Lipinski definition) is 2. The molecule has 23 heavy (non-hydrogen) atoms. The summed E-state index contributed by atoms with van der Waals surface area (Å²) < 4.78 is 14.7. The van der Waals surface area contributed by atoms with Gasteiger partial charge in [-0.05, 0) is 30.0 Å². The number of benzene rings is 1. The number of nitrogens with one attached hydrogen (secondary N) is 1. The summed E-state index contributed by atoms with van der Waals surface area (Å²) >= 11 is 0. The van der Waals surface area contributed by atoms with Crippen LogP contribution in [-0.4, -0.2) is 33.5 Å². The van der Waals surface area contributed by atoms with E-state index in [0.29, 0.717) is 19.0 Å². The molecule has 2 aromatic rings. The molecule has 0 aliphatic carbocycles. The summed E-state index contributed by atoms with van der Waals surface area (Å²) in [5.74, 6) is -0.167. The smallest absolute Gasteiger partial charge is 0.273 e. The molecule has 0 spiro atoms. The molecular weight excluding hydrogens is 297 g/mol. The van der Waals surface area contributed by atoms with Crippen LogP contribution in [0.4, 0.5) is 4.39 Å². The predicted octanol–water partition coefficient (Wildman–Crippen LogP) is 1.57. The van der Waals surface area contributed by atoms with Crippen LogP contribution in [0.5, 0.6) is 0 Å². The molecule has 1 aromatic carbocycles. The number of amides is 1. The molecule has 0 saturated carbocycles. The normalized spacial score (nSPS) is 12.4. The Labute approximate surface area is 134 Å². The third-order valence-electron chi connectivity index (χ3n) is 3.38. The van der Waals surface area contributed by atoms with Gasteiger partial charge in [0.25, 0.3) is 5.91 Å². The fourth-order valence-corrected chi connectivity index (χ4v) is 2.34. The number of carbonyl (C=O) groups is 1. The lowest BCUT2D eigenvalue weighted by Gasteiger charge is -2.17. The van der Waals surface area contributed by atoms with Crippen molar-refractivity contribution >= 4 is 5.91 Å². The minimum atomic E-state index is -0.306. The Bertz CT molecular complexity index is 655. The molecule has 6 nitrogen and oxygen atoms in total. The van der Waals surface area contributed by atoms with Gasteiger partial charge in [-0.2, -0.15) is 0 Å². The van der Waals surface area contributed by atoms with E-state index in [1.165, 1.54) is 16.8 Å². The van der Waals surface area contributed by atoms with Crippen LogP contribution in [-0.2, 0) is 6.54 Å². The minimum absolute atomic E-state index is 0.0872. The highest BCUT2D eigenvalue weighted by atomic mass is 19.1. The molecule has 0 radical (unpaired) electrons. The first kappa shape index (κ1) is 17.1. The fourth-order valence-electron chi connectivity index (χ4n) is 2.34. The number of carbonyl (C=O) groups excluding carboxylic acids is 1. The molecular formula is C16H22FN5O. The average molecular weight is 319 g/mol. The number of nitrogens with zero attached hydrogens (tertiary/aromatic N) is 3. The van der Waals surface area contributed by atoms with E-state index in [0.717, 1.165) is 12.0 Å². The van der Waals surface area contributed by atoms with Gasteiger partial charge in [-0.3, -0.25) is 4.79 Å². The van der Waals surface area contributed by atoms with Crippen molar-refractivity contribution in [3.63, 3.8) is 0 Å². The number of hydrogen-bond acceptors (Lipinski definition) is 4. The van der Waals surface area contributed by atoms with Crippen LogP contribution < -0.4 is 11.1 Å². The van der Waals surface area contributed by atoms with Gasteiger partial charge in [0.2, 0.25) is 0 Å². The standard InChI is InChI=1S/C16H22FN5O/c1-11(2)6-14(8-18)19-16(23)15-10-22(21-20-15)9-12-4-3-5-13(17)7-12/h3-5,7,10-11,14H,6,8-9,18H2,1-2H3,(H,19,23). The molecule has 0 aliphatic heterocycles. The van der Waals surface area contributed by atoms with Crippen molar-refractivity contribution in [2.45, 2.75) is 32.9 Å². The highest BCUT2D eigenvalue weighted by Crippen LogP contribution is 2.07. The van der Waals surface area contributed by atoms with Gasteiger partial charge in [-0.1, -0.05) is 31.2 Å². The SMILES string of the molecule is CC(C)CC(CN)NC(=O)c1cn(Cc2cccc(F)c2)nn1. The van der Waals surface area contributed by atoms with Crippen LogP contribution in [0.2, 0.25) is 0 Å². The van der Waals surface area contributed by atoms with Crippen LogP contribution in [0.3, 0.4) is 0 Å². The van der Waals surface area contributed by atoms with Crippen LogP contribution >= 0.6 is 0 Å². The monoisotopic (exact) mass is 319 g/mol. The Hall–Kier alpha value is -2.28. The molecule has 0 aliphatic rings. The fraction of sp³-hybridized carbons (Fsp3) is 0.438. The second-order valence-electron chi connectivity index (χ2n) is 5.97. The molecule has 1 aromatic heterocycles. The second-order valence-corrected chi connectivity index (χ2v) is 5.97. The summed E-state index contributed by atoms with van der Waals surface area (Å²) in [6.07, 6.45) is 2.35. The molecule has 0 saturated heterocycles. The first-order valence-electron chi connectivity index (χ1n) is 7.63. The molecule has 3 N–H and O–H groups in total. The van der Waals surface area contributed by atoms with Gasteiger partial charge >= 0.3 is 0 Å². The molecule has 1 unspecified atom stereocenters. The maximum absolute atomic E-state index is 13.2. The third-order valence-corrected chi connectivity index (χ3v) is 3.38. The number of aromatic nitrogens is 3. The van der Waals surface area contributed by atoms with Crippen molar-refractivity contribution in [1.29, 1.82) is 0 Å². The van der Waals surface area contributed by atoms with Gasteiger partial charge in [0.05, 0.1) is 12.7 Å². The lowest BCUT2D eigenvalue weighted by Crippen LogP contribution is -2.41. The first-order valence-corrected chi connectivity index (χ1v) is 7.63. The molecule has 0 fully saturated rings. The van der Waals surface area contributed by atoms with Crippen LogP contribution in [0.15, 0.2) is 30.5 Å². The highest BCUT2D eigenvalue weighted by Gasteiger charge is 2.16. The average Bonchev–Trinajstić information content (AvgIpc) is 2.94. The van der Waals surface area contributed by atoms with Crippen molar-refractivity contribution in [3.8, 4) is 0 Å². The number of nitrogens with two attached hydrogens (primary N) is 1. The van der Waals surface area contributed by atoms with E-state index in [1.807, 2.05) is 0 Å². The van der Waals surface area contributed by atoms with E-state index in [1.54, 1.807) is 18.3 Å². The summed E-state index contributed by atoms with van der Waals surface area (Å²) in [7, 11) is 0. The van der Waals surface area contributed by atoms with Gasteiger partial charge in [-0.25, -0.2) is 9.07 Å². The Kier molecular flexibility index (Phi) is 5.81. The Balaban J connectivity index is 1.99. The quantitative estimate of drug-likeness (QED) is 0.811. The molecule has 1 heterocycles. The number of halogens is 1. The molecule has 1 amide bonds. The summed E-state index contributed by atoms with van der Waals surface area (Å²) in [4.78, 5) is 12.2. The largest absolute Gasteiger partial charge is 0.347 e. The van der Waals surface area contributed by atoms with Crippen molar-refractivity contribution < 1.29 is 9.18 Å². The summed E-state index contributed by atoms with van der Waals surface area (Å²) in [6.45, 7) is 4.87. The third kappa shape index (κ3) is 5.14. The highest BCUT2D eigenvalue weighted by molar-refractivity contribution is 5.92.